The average Bonchev–Trinajstić information content (AvgIpc) is 3.00. The summed E-state index contributed by atoms with van der Waals surface area (Å²) in [5, 5.41) is 0. The zero-order chi connectivity index (χ0) is 19.6. The van der Waals surface area contributed by atoms with E-state index in [4.69, 9.17) is 10.5 Å². The molecule has 0 spiro atoms. The van der Waals surface area contributed by atoms with Gasteiger partial charge in [-0.3, -0.25) is 0 Å². The number of nitrogens with two attached hydrogens (primary N) is 1. The van der Waals surface area contributed by atoms with E-state index >= 15 is 0 Å². The van der Waals surface area contributed by atoms with Crippen LogP contribution in [0.25, 0.3) is 0 Å². The molecule has 154 valence electrons. The third kappa shape index (κ3) is 6.52. The molecule has 4 nitrogen and oxygen atoms in total. The Morgan fingerprint density at radius 2 is 1.89 bits per heavy atom. The van der Waals surface area contributed by atoms with Crippen molar-refractivity contribution in [1.29, 1.82) is 0 Å². The van der Waals surface area contributed by atoms with Gasteiger partial charge in [0, 0.05) is 14.0 Å². The fourth-order valence-corrected chi connectivity index (χ4v) is 4.17. The molecule has 2 aliphatic rings. The van der Waals surface area contributed by atoms with Crippen molar-refractivity contribution in [2.45, 2.75) is 70.8 Å². The molecule has 1 aromatic rings. The predicted octanol–water partition coefficient (Wildman–Crippen LogP) is 5.45. The third-order valence-corrected chi connectivity index (χ3v) is 5.80. The molecule has 2 aliphatic carbocycles. The standard InChI is InChI=1S/C24H35N3O.H2/c1-2-27(22-12-8-3-4-9-13-22)19-18-20-14-16-23(17-15-20)28-24(25)26-21-10-6-5-7-11-21;/h6,10-11,14-17,22H,2-5,7-9,12-13,18-19H2,1H3,(H2,25,26);1H. The lowest BCUT2D eigenvalue weighted by molar-refractivity contribution is 0.190. The van der Waals surface area contributed by atoms with E-state index in [2.05, 4.69) is 41.1 Å². The lowest BCUT2D eigenvalue weighted by Gasteiger charge is -2.30. The first-order valence-corrected chi connectivity index (χ1v) is 11.0. The highest BCUT2D eigenvalue weighted by molar-refractivity contribution is 5.75. The van der Waals surface area contributed by atoms with Crippen molar-refractivity contribution in [3.63, 3.8) is 0 Å². The first kappa shape index (κ1) is 20.7. The highest BCUT2D eigenvalue weighted by Gasteiger charge is 2.18. The van der Waals surface area contributed by atoms with E-state index < -0.39 is 0 Å². The molecule has 0 bridgehead atoms. The van der Waals surface area contributed by atoms with Crippen LogP contribution in [0.3, 0.4) is 0 Å². The van der Waals surface area contributed by atoms with Gasteiger partial charge in [0.15, 0.2) is 0 Å². The van der Waals surface area contributed by atoms with Crippen molar-refractivity contribution in [3.8, 4) is 5.75 Å². The van der Waals surface area contributed by atoms with E-state index in [-0.39, 0.29) is 7.45 Å². The summed E-state index contributed by atoms with van der Waals surface area (Å²) >= 11 is 0. The van der Waals surface area contributed by atoms with Crippen molar-refractivity contribution >= 4 is 6.02 Å². The summed E-state index contributed by atoms with van der Waals surface area (Å²) in [6, 6.07) is 9.23. The van der Waals surface area contributed by atoms with Crippen LogP contribution in [-0.4, -0.2) is 30.1 Å². The second kappa shape index (κ2) is 11.1. The van der Waals surface area contributed by atoms with Crippen molar-refractivity contribution in [2.75, 3.05) is 13.1 Å². The molecule has 3 rings (SSSR count). The lowest BCUT2D eigenvalue weighted by Crippen LogP contribution is -2.36. The van der Waals surface area contributed by atoms with Gasteiger partial charge < -0.3 is 15.4 Å². The lowest BCUT2D eigenvalue weighted by atomic mass is 10.1. The normalized spacial score (nSPS) is 18.8. The Bertz CT molecular complexity index is 689. The summed E-state index contributed by atoms with van der Waals surface area (Å²) in [5.41, 5.74) is 8.15. The number of benzene rings is 1. The first-order chi connectivity index (χ1) is 13.7. The maximum atomic E-state index is 5.93. The van der Waals surface area contributed by atoms with Gasteiger partial charge in [0.2, 0.25) is 0 Å². The molecule has 1 fully saturated rings. The minimum absolute atomic E-state index is 0. The fraction of sp³-hybridized carbons (Fsp3) is 0.542. The highest BCUT2D eigenvalue weighted by Crippen LogP contribution is 2.22. The summed E-state index contributed by atoms with van der Waals surface area (Å²) < 4.78 is 5.67. The number of rotatable bonds is 7. The number of nitrogens with zero attached hydrogens (tertiary/aromatic N) is 2. The van der Waals surface area contributed by atoms with Crippen LogP contribution in [0.15, 0.2) is 53.2 Å². The Balaban J connectivity index is 0.00000300. The molecule has 0 aliphatic heterocycles. The average molecular weight is 384 g/mol. The van der Waals surface area contributed by atoms with Crippen molar-refractivity contribution in [2.24, 2.45) is 10.7 Å². The number of hydrogen-bond donors (Lipinski definition) is 1. The van der Waals surface area contributed by atoms with Gasteiger partial charge in [0.1, 0.15) is 5.75 Å². The molecule has 1 aromatic carbocycles. The first-order valence-electron chi connectivity index (χ1n) is 11.0. The number of hydrogen-bond acceptors (Lipinski definition) is 3. The van der Waals surface area contributed by atoms with Crippen LogP contribution in [0.1, 0.15) is 65.3 Å². The number of ether oxygens (including phenoxy) is 1. The Morgan fingerprint density at radius 1 is 1.14 bits per heavy atom. The SMILES string of the molecule is CCN(CCc1ccc(OC(N)=NC2=CCCC=C2)cc1)C1CCCCCC1.[HH]. The monoisotopic (exact) mass is 383 g/mol. The molecule has 0 saturated heterocycles. The third-order valence-electron chi connectivity index (χ3n) is 5.80. The Kier molecular flexibility index (Phi) is 8.16. The molecule has 2 N–H and O–H groups in total. The van der Waals surface area contributed by atoms with Gasteiger partial charge in [-0.25, -0.2) is 0 Å². The summed E-state index contributed by atoms with van der Waals surface area (Å²) in [5.74, 6) is 0.738. The molecule has 0 aromatic heterocycles. The Hall–Kier alpha value is -2.07. The van der Waals surface area contributed by atoms with Crippen LogP contribution in [0.5, 0.6) is 5.75 Å². The smallest absolute Gasteiger partial charge is 0.292 e. The number of aliphatic imine (C=N–C) groups is 1. The van der Waals surface area contributed by atoms with Crippen LogP contribution in [0, 0.1) is 0 Å². The summed E-state index contributed by atoms with van der Waals surface area (Å²) in [7, 11) is 0. The van der Waals surface area contributed by atoms with Crippen LogP contribution >= 0.6 is 0 Å². The van der Waals surface area contributed by atoms with Gasteiger partial charge in [-0.2, -0.15) is 4.99 Å². The van der Waals surface area contributed by atoms with E-state index in [0.29, 0.717) is 0 Å². The van der Waals surface area contributed by atoms with E-state index in [1.807, 2.05) is 18.2 Å². The second-order valence-electron chi connectivity index (χ2n) is 7.83. The molecule has 4 heteroatoms. The topological polar surface area (TPSA) is 50.9 Å². The largest absolute Gasteiger partial charge is 0.426 e. The molecule has 28 heavy (non-hydrogen) atoms. The molecule has 0 heterocycles. The van der Waals surface area contributed by atoms with Crippen LogP contribution < -0.4 is 10.5 Å². The van der Waals surface area contributed by atoms with E-state index in [1.165, 1.54) is 44.1 Å². The summed E-state index contributed by atoms with van der Waals surface area (Å²) in [6.07, 6.45) is 17.7. The molecular formula is C24H37N3O. The molecule has 1 saturated carbocycles. The quantitative estimate of drug-likeness (QED) is 0.387. The molecule has 0 amide bonds. The number of allylic oxidation sites excluding steroid dienone is 3. The maximum Gasteiger partial charge on any atom is 0.292 e. The Morgan fingerprint density at radius 3 is 2.54 bits per heavy atom. The molecule has 0 unspecified atom stereocenters. The molecule has 0 radical (unpaired) electrons. The zero-order valence-corrected chi connectivity index (χ0v) is 17.3. The van der Waals surface area contributed by atoms with Crippen LogP contribution in [0.2, 0.25) is 0 Å². The Labute approximate surface area is 171 Å². The molecular weight excluding hydrogens is 346 g/mol. The van der Waals surface area contributed by atoms with E-state index in [9.17, 15) is 0 Å². The molecule has 0 atom stereocenters. The van der Waals surface area contributed by atoms with Gasteiger partial charge in [-0.05, 0) is 62.4 Å². The van der Waals surface area contributed by atoms with Crippen LogP contribution in [-0.2, 0) is 6.42 Å². The second-order valence-corrected chi connectivity index (χ2v) is 7.83. The number of amidine groups is 1. The van der Waals surface area contributed by atoms with Gasteiger partial charge in [0.05, 0.1) is 5.70 Å². The van der Waals surface area contributed by atoms with E-state index in [1.54, 1.807) is 0 Å². The van der Waals surface area contributed by atoms with Crippen molar-refractivity contribution < 1.29 is 6.16 Å². The fourth-order valence-electron chi connectivity index (χ4n) is 4.17. The minimum Gasteiger partial charge on any atom is -0.426 e. The van der Waals surface area contributed by atoms with Gasteiger partial charge >= 0.3 is 0 Å². The van der Waals surface area contributed by atoms with Gasteiger partial charge in [-0.15, -0.1) is 0 Å². The number of likely N-dealkylation sites (N-methyl/N-ethyl adjacent to an activating group) is 1. The van der Waals surface area contributed by atoms with Gasteiger partial charge in [-0.1, -0.05) is 56.9 Å². The minimum atomic E-state index is 0. The van der Waals surface area contributed by atoms with E-state index in [0.717, 1.165) is 49.8 Å². The van der Waals surface area contributed by atoms with Gasteiger partial charge in [0.25, 0.3) is 6.02 Å². The zero-order valence-electron chi connectivity index (χ0n) is 17.3. The summed E-state index contributed by atoms with van der Waals surface area (Å²) in [4.78, 5) is 7.00. The van der Waals surface area contributed by atoms with Crippen molar-refractivity contribution in [1.82, 2.24) is 4.90 Å². The highest BCUT2D eigenvalue weighted by atomic mass is 16.5. The maximum absolute atomic E-state index is 5.93. The summed E-state index contributed by atoms with van der Waals surface area (Å²) in [6.45, 7) is 4.56. The van der Waals surface area contributed by atoms with Crippen molar-refractivity contribution in [3.05, 3.63) is 53.8 Å². The predicted molar refractivity (Wildman–Crippen MR) is 120 cm³/mol. The van der Waals surface area contributed by atoms with Crippen LogP contribution in [0.4, 0.5) is 0 Å².